The number of fused-ring (bicyclic) bond motifs is 2. The van der Waals surface area contributed by atoms with Gasteiger partial charge < -0.3 is 24.5 Å². The van der Waals surface area contributed by atoms with E-state index in [2.05, 4.69) is 17.3 Å². The second kappa shape index (κ2) is 6.96. The summed E-state index contributed by atoms with van der Waals surface area (Å²) in [7, 11) is 3.62. The summed E-state index contributed by atoms with van der Waals surface area (Å²) < 4.78 is 10.9. The highest BCUT2D eigenvalue weighted by Crippen LogP contribution is 2.30. The van der Waals surface area contributed by atoms with Gasteiger partial charge in [0.15, 0.2) is 17.1 Å². The summed E-state index contributed by atoms with van der Waals surface area (Å²) in [6.45, 7) is 1.10. The number of para-hydroxylation sites is 1. The van der Waals surface area contributed by atoms with Crippen LogP contribution in [-0.2, 0) is 6.42 Å². The van der Waals surface area contributed by atoms with E-state index in [0.717, 1.165) is 23.9 Å². The van der Waals surface area contributed by atoms with Gasteiger partial charge in [0.25, 0.3) is 5.91 Å². The molecule has 1 unspecified atom stereocenters. The van der Waals surface area contributed by atoms with Crippen molar-refractivity contribution in [1.29, 1.82) is 0 Å². The number of aliphatic hydroxyl groups is 1. The van der Waals surface area contributed by atoms with Crippen LogP contribution < -0.4 is 15.0 Å². The van der Waals surface area contributed by atoms with E-state index in [9.17, 15) is 9.90 Å². The Morgan fingerprint density at radius 1 is 1.33 bits per heavy atom. The highest BCUT2D eigenvalue weighted by atomic mass is 16.5. The largest absolute Gasteiger partial charge is 0.493 e. The lowest BCUT2D eigenvalue weighted by atomic mass is 10.0. The third kappa shape index (κ3) is 3.24. The van der Waals surface area contributed by atoms with Crippen molar-refractivity contribution in [3.8, 4) is 5.75 Å². The molecule has 1 amide bonds. The van der Waals surface area contributed by atoms with Gasteiger partial charge in [-0.3, -0.25) is 4.79 Å². The van der Waals surface area contributed by atoms with Gasteiger partial charge in [0.2, 0.25) is 0 Å². The minimum Gasteiger partial charge on any atom is -0.493 e. The predicted molar refractivity (Wildman–Crippen MR) is 103 cm³/mol. The number of aliphatic hydroxyl groups excluding tert-OH is 1. The predicted octanol–water partition coefficient (Wildman–Crippen LogP) is 2.90. The first-order chi connectivity index (χ1) is 13.1. The van der Waals surface area contributed by atoms with E-state index in [1.54, 1.807) is 19.2 Å². The molecular formula is C21H22N2O4. The maximum atomic E-state index is 12.4. The van der Waals surface area contributed by atoms with Crippen LogP contribution in [0, 0.1) is 0 Å². The molecule has 2 aromatic carbocycles. The van der Waals surface area contributed by atoms with Crippen LogP contribution in [0.15, 0.2) is 46.9 Å². The topological polar surface area (TPSA) is 74.9 Å². The van der Waals surface area contributed by atoms with Gasteiger partial charge in [0, 0.05) is 31.2 Å². The normalized spacial score (nSPS) is 14.3. The van der Waals surface area contributed by atoms with Crippen molar-refractivity contribution in [3.63, 3.8) is 0 Å². The number of furan rings is 1. The summed E-state index contributed by atoms with van der Waals surface area (Å²) in [5.41, 5.74) is 3.76. The van der Waals surface area contributed by atoms with Gasteiger partial charge in [-0.15, -0.1) is 0 Å². The number of methoxy groups -OCH3 is 1. The number of carbonyl (C=O) groups excluding carboxylic acids is 1. The second-order valence-corrected chi connectivity index (χ2v) is 6.77. The molecule has 0 fully saturated rings. The van der Waals surface area contributed by atoms with Gasteiger partial charge in [-0.1, -0.05) is 24.3 Å². The molecule has 2 N–H and O–H groups in total. The van der Waals surface area contributed by atoms with E-state index < -0.39 is 6.10 Å². The monoisotopic (exact) mass is 366 g/mol. The van der Waals surface area contributed by atoms with E-state index in [-0.39, 0.29) is 18.2 Å². The number of benzene rings is 2. The molecule has 6 nitrogen and oxygen atoms in total. The summed E-state index contributed by atoms with van der Waals surface area (Å²) in [5, 5.41) is 14.0. The number of hydrogen-bond donors (Lipinski definition) is 2. The van der Waals surface area contributed by atoms with Gasteiger partial charge >= 0.3 is 0 Å². The van der Waals surface area contributed by atoms with Crippen LogP contribution in [0.1, 0.15) is 27.8 Å². The maximum absolute atomic E-state index is 12.4. The standard InChI is InChI=1S/C21H22N2O4/c1-23-9-8-13-10-14(6-7-16(13)23)17(24)12-22-21(25)19-11-15-4-3-5-18(26-2)20(15)27-19/h3-7,10-11,17,24H,8-9,12H2,1-2H3,(H,22,25). The highest BCUT2D eigenvalue weighted by Gasteiger charge is 2.19. The number of anilines is 1. The Hall–Kier alpha value is -2.99. The van der Waals surface area contributed by atoms with Crippen LogP contribution in [0.5, 0.6) is 5.75 Å². The average molecular weight is 366 g/mol. The molecule has 1 aliphatic heterocycles. The van der Waals surface area contributed by atoms with Gasteiger partial charge in [0.05, 0.1) is 13.2 Å². The number of rotatable bonds is 5. The summed E-state index contributed by atoms with van der Waals surface area (Å²) in [6.07, 6.45) is 0.198. The smallest absolute Gasteiger partial charge is 0.287 e. The van der Waals surface area contributed by atoms with Crippen LogP contribution in [0.25, 0.3) is 11.0 Å². The number of ether oxygens (including phenoxy) is 1. The molecule has 0 radical (unpaired) electrons. The van der Waals surface area contributed by atoms with Crippen molar-refractivity contribution in [2.75, 3.05) is 32.1 Å². The van der Waals surface area contributed by atoms with Gasteiger partial charge in [-0.05, 0) is 35.7 Å². The van der Waals surface area contributed by atoms with Gasteiger partial charge in [-0.25, -0.2) is 0 Å². The number of carbonyl (C=O) groups is 1. The van der Waals surface area contributed by atoms with Crippen LogP contribution >= 0.6 is 0 Å². The lowest BCUT2D eigenvalue weighted by molar-refractivity contribution is 0.0891. The molecule has 6 heteroatoms. The van der Waals surface area contributed by atoms with Crippen LogP contribution in [-0.4, -0.2) is 38.3 Å². The SMILES string of the molecule is COc1cccc2cc(C(=O)NCC(O)c3ccc4c(c3)CCN4C)oc12. The summed E-state index contributed by atoms with van der Waals surface area (Å²) in [6, 6.07) is 13.1. The molecule has 140 valence electrons. The van der Waals surface area contributed by atoms with E-state index >= 15 is 0 Å². The van der Waals surface area contributed by atoms with E-state index in [0.29, 0.717) is 11.3 Å². The zero-order chi connectivity index (χ0) is 19.0. The van der Waals surface area contributed by atoms with Crippen LogP contribution in [0.4, 0.5) is 5.69 Å². The van der Waals surface area contributed by atoms with Crippen molar-refractivity contribution < 1.29 is 19.1 Å². The Bertz CT molecular complexity index is 995. The van der Waals surface area contributed by atoms with Gasteiger partial charge in [-0.2, -0.15) is 0 Å². The van der Waals surface area contributed by atoms with Crippen molar-refractivity contribution in [3.05, 3.63) is 59.4 Å². The van der Waals surface area contributed by atoms with Crippen molar-refractivity contribution in [2.45, 2.75) is 12.5 Å². The summed E-state index contributed by atoms with van der Waals surface area (Å²) >= 11 is 0. The number of nitrogens with one attached hydrogen (secondary N) is 1. The minimum absolute atomic E-state index is 0.113. The van der Waals surface area contributed by atoms with E-state index in [1.807, 2.05) is 30.3 Å². The molecule has 0 bridgehead atoms. The summed E-state index contributed by atoms with van der Waals surface area (Å²) in [4.78, 5) is 14.6. The Kier molecular flexibility index (Phi) is 4.49. The molecule has 1 aromatic heterocycles. The quantitative estimate of drug-likeness (QED) is 0.726. The summed E-state index contributed by atoms with van der Waals surface area (Å²) in [5.74, 6) is 0.403. The van der Waals surface area contributed by atoms with Crippen molar-refractivity contribution in [2.24, 2.45) is 0 Å². The fourth-order valence-electron chi connectivity index (χ4n) is 3.50. The molecule has 3 aromatic rings. The molecular weight excluding hydrogens is 344 g/mol. The first kappa shape index (κ1) is 17.4. The molecule has 2 heterocycles. The van der Waals surface area contributed by atoms with Crippen molar-refractivity contribution >= 4 is 22.6 Å². The molecule has 4 rings (SSSR count). The first-order valence-electron chi connectivity index (χ1n) is 8.93. The number of amides is 1. The third-order valence-electron chi connectivity index (χ3n) is 5.02. The second-order valence-electron chi connectivity index (χ2n) is 6.77. The number of nitrogens with zero attached hydrogens (tertiary/aromatic N) is 1. The zero-order valence-electron chi connectivity index (χ0n) is 15.4. The highest BCUT2D eigenvalue weighted by molar-refractivity contribution is 5.97. The lowest BCUT2D eigenvalue weighted by Gasteiger charge is -2.15. The molecule has 0 saturated heterocycles. The molecule has 1 aliphatic rings. The average Bonchev–Trinajstić information content (AvgIpc) is 3.29. The molecule has 0 saturated carbocycles. The fourth-order valence-corrected chi connectivity index (χ4v) is 3.50. The first-order valence-corrected chi connectivity index (χ1v) is 8.93. The van der Waals surface area contributed by atoms with Crippen LogP contribution in [0.2, 0.25) is 0 Å². The molecule has 1 atom stereocenters. The third-order valence-corrected chi connectivity index (χ3v) is 5.02. The number of hydrogen-bond acceptors (Lipinski definition) is 5. The fraction of sp³-hybridized carbons (Fsp3) is 0.286. The molecule has 0 spiro atoms. The minimum atomic E-state index is -0.774. The molecule has 0 aliphatic carbocycles. The zero-order valence-corrected chi connectivity index (χ0v) is 15.4. The van der Waals surface area contributed by atoms with Crippen LogP contribution in [0.3, 0.4) is 0 Å². The Balaban J connectivity index is 1.45. The Labute approximate surface area is 157 Å². The maximum Gasteiger partial charge on any atom is 0.287 e. The Morgan fingerprint density at radius 2 is 2.19 bits per heavy atom. The number of likely N-dealkylation sites (N-methyl/N-ethyl adjacent to an activating group) is 1. The van der Waals surface area contributed by atoms with E-state index in [1.165, 1.54) is 11.3 Å². The van der Waals surface area contributed by atoms with Crippen molar-refractivity contribution in [1.82, 2.24) is 5.32 Å². The van der Waals surface area contributed by atoms with Gasteiger partial charge in [0.1, 0.15) is 0 Å². The van der Waals surface area contributed by atoms with E-state index in [4.69, 9.17) is 9.15 Å². The molecule has 27 heavy (non-hydrogen) atoms. The lowest BCUT2D eigenvalue weighted by Crippen LogP contribution is -2.28. The Morgan fingerprint density at radius 3 is 3.00 bits per heavy atom.